The molecule has 98 valence electrons. The summed E-state index contributed by atoms with van der Waals surface area (Å²) in [5, 5.41) is 0. The Morgan fingerprint density at radius 3 is 2.67 bits per heavy atom. The number of rotatable bonds is 4. The van der Waals surface area contributed by atoms with E-state index in [2.05, 4.69) is 0 Å². The topological polar surface area (TPSA) is 29.5 Å². The molecule has 1 aromatic carbocycles. The van der Waals surface area contributed by atoms with Gasteiger partial charge < -0.3 is 4.74 Å². The Morgan fingerprint density at radius 1 is 1.44 bits per heavy atom. The van der Waals surface area contributed by atoms with Gasteiger partial charge in [0.2, 0.25) is 0 Å². The van der Waals surface area contributed by atoms with Gasteiger partial charge in [0.25, 0.3) is 0 Å². The molecule has 0 N–H and O–H groups in total. The molecule has 0 saturated carbocycles. The van der Waals surface area contributed by atoms with Crippen LogP contribution in [-0.2, 0) is 4.74 Å². The van der Waals surface area contributed by atoms with E-state index < -0.39 is 23.0 Å². The molecule has 0 aliphatic carbocycles. The lowest BCUT2D eigenvalue weighted by molar-refractivity contribution is 0.0892. The first kappa shape index (κ1) is 13.1. The summed E-state index contributed by atoms with van der Waals surface area (Å²) in [6.07, 6.45) is 0.937. The second kappa shape index (κ2) is 5.54. The molecule has 1 aliphatic rings. The molecule has 1 unspecified atom stereocenters. The summed E-state index contributed by atoms with van der Waals surface area (Å²) < 4.78 is 32.0. The molecule has 0 radical (unpaired) electrons. The summed E-state index contributed by atoms with van der Waals surface area (Å²) in [7, 11) is 1.62. The number of methoxy groups -OCH3 is 1. The predicted octanol–water partition coefficient (Wildman–Crippen LogP) is 1.87. The van der Waals surface area contributed by atoms with Crippen molar-refractivity contribution in [3.05, 3.63) is 35.4 Å². The van der Waals surface area contributed by atoms with Crippen molar-refractivity contribution in [3.63, 3.8) is 0 Å². The largest absolute Gasteiger partial charge is 0.380 e. The van der Waals surface area contributed by atoms with Crippen molar-refractivity contribution < 1.29 is 18.3 Å². The van der Waals surface area contributed by atoms with E-state index in [1.54, 1.807) is 7.11 Å². The van der Waals surface area contributed by atoms with Crippen LogP contribution in [0.2, 0.25) is 0 Å². The standard InChI is InChI=1S/C13H15F2NO2/c1-18-9-5-6-16(7-9)8-12(17)13-10(14)3-2-4-11(13)15/h2-4,9H,5-8H2,1H3. The highest BCUT2D eigenvalue weighted by Crippen LogP contribution is 2.16. The van der Waals surface area contributed by atoms with Crippen LogP contribution in [0.15, 0.2) is 18.2 Å². The van der Waals surface area contributed by atoms with Crippen molar-refractivity contribution in [1.29, 1.82) is 0 Å². The molecular weight excluding hydrogens is 240 g/mol. The summed E-state index contributed by atoms with van der Waals surface area (Å²) in [5.41, 5.74) is -0.446. The van der Waals surface area contributed by atoms with Gasteiger partial charge in [0, 0.05) is 20.2 Å². The number of halogens is 2. The van der Waals surface area contributed by atoms with Crippen LogP contribution in [0, 0.1) is 11.6 Å². The second-order valence-corrected chi connectivity index (χ2v) is 4.40. The number of Topliss-reactive ketones (excluding diaryl/α,β-unsaturated/α-hetero) is 1. The Hall–Kier alpha value is -1.33. The van der Waals surface area contributed by atoms with Gasteiger partial charge in [0.1, 0.15) is 11.6 Å². The van der Waals surface area contributed by atoms with E-state index in [1.165, 1.54) is 6.07 Å². The maximum atomic E-state index is 13.4. The minimum Gasteiger partial charge on any atom is -0.380 e. The van der Waals surface area contributed by atoms with E-state index in [0.717, 1.165) is 18.6 Å². The van der Waals surface area contributed by atoms with Gasteiger partial charge in [0.15, 0.2) is 5.78 Å². The Labute approximate surface area is 104 Å². The molecule has 1 fully saturated rings. The highest BCUT2D eigenvalue weighted by Gasteiger charge is 2.26. The van der Waals surface area contributed by atoms with Gasteiger partial charge in [-0.05, 0) is 18.6 Å². The molecule has 18 heavy (non-hydrogen) atoms. The fourth-order valence-electron chi connectivity index (χ4n) is 2.18. The van der Waals surface area contributed by atoms with Crippen LogP contribution >= 0.6 is 0 Å². The smallest absolute Gasteiger partial charge is 0.182 e. The third kappa shape index (κ3) is 2.73. The van der Waals surface area contributed by atoms with E-state index >= 15 is 0 Å². The van der Waals surface area contributed by atoms with Gasteiger partial charge >= 0.3 is 0 Å². The fraction of sp³-hybridized carbons (Fsp3) is 0.462. The van der Waals surface area contributed by atoms with Crippen LogP contribution in [0.3, 0.4) is 0 Å². The number of nitrogens with zero attached hydrogens (tertiary/aromatic N) is 1. The SMILES string of the molecule is COC1CCN(CC(=O)c2c(F)cccc2F)C1. The average Bonchev–Trinajstić information content (AvgIpc) is 2.76. The molecule has 1 saturated heterocycles. The zero-order valence-electron chi connectivity index (χ0n) is 10.2. The highest BCUT2D eigenvalue weighted by molar-refractivity contribution is 5.98. The summed E-state index contributed by atoms with van der Waals surface area (Å²) in [4.78, 5) is 13.7. The Balaban J connectivity index is 2.04. The van der Waals surface area contributed by atoms with E-state index in [-0.39, 0.29) is 12.6 Å². The van der Waals surface area contributed by atoms with Crippen LogP contribution in [0.1, 0.15) is 16.8 Å². The number of benzene rings is 1. The fourth-order valence-corrected chi connectivity index (χ4v) is 2.18. The Bertz CT molecular complexity index is 430. The minimum atomic E-state index is -0.803. The molecule has 1 atom stereocenters. The van der Waals surface area contributed by atoms with Gasteiger partial charge in [0.05, 0.1) is 18.2 Å². The Morgan fingerprint density at radius 2 is 2.11 bits per heavy atom. The quantitative estimate of drug-likeness (QED) is 0.769. The monoisotopic (exact) mass is 255 g/mol. The number of likely N-dealkylation sites (tertiary alicyclic amines) is 1. The molecule has 1 aliphatic heterocycles. The maximum Gasteiger partial charge on any atom is 0.182 e. The molecule has 0 bridgehead atoms. The molecule has 1 aromatic rings. The molecular formula is C13H15F2NO2. The highest BCUT2D eigenvalue weighted by atomic mass is 19.1. The van der Waals surface area contributed by atoms with Gasteiger partial charge in [-0.15, -0.1) is 0 Å². The number of hydrogen-bond acceptors (Lipinski definition) is 3. The van der Waals surface area contributed by atoms with Gasteiger partial charge in [-0.25, -0.2) is 8.78 Å². The van der Waals surface area contributed by atoms with E-state index in [1.807, 2.05) is 4.90 Å². The van der Waals surface area contributed by atoms with Crippen LogP contribution in [-0.4, -0.2) is 43.5 Å². The average molecular weight is 255 g/mol. The number of carbonyl (C=O) groups excluding carboxylic acids is 1. The molecule has 5 heteroatoms. The minimum absolute atomic E-state index is 0.0255. The summed E-state index contributed by atoms with van der Waals surface area (Å²) in [6, 6.07) is 3.44. The number of ketones is 1. The van der Waals surface area contributed by atoms with E-state index in [0.29, 0.717) is 13.1 Å². The molecule has 0 spiro atoms. The summed E-state index contributed by atoms with van der Waals surface area (Å²) >= 11 is 0. The molecule has 0 aromatic heterocycles. The Kier molecular flexibility index (Phi) is 4.04. The zero-order chi connectivity index (χ0) is 13.1. The van der Waals surface area contributed by atoms with Crippen molar-refractivity contribution in [2.24, 2.45) is 0 Å². The van der Waals surface area contributed by atoms with E-state index in [9.17, 15) is 13.6 Å². The van der Waals surface area contributed by atoms with Crippen LogP contribution in [0.25, 0.3) is 0 Å². The first-order valence-corrected chi connectivity index (χ1v) is 5.84. The van der Waals surface area contributed by atoms with E-state index in [4.69, 9.17) is 4.74 Å². The number of ether oxygens (including phenoxy) is 1. The number of carbonyl (C=O) groups is 1. The van der Waals surface area contributed by atoms with Crippen molar-refractivity contribution in [3.8, 4) is 0 Å². The molecule has 3 nitrogen and oxygen atoms in total. The lowest BCUT2D eigenvalue weighted by atomic mass is 10.1. The predicted molar refractivity (Wildman–Crippen MR) is 62.5 cm³/mol. The van der Waals surface area contributed by atoms with Crippen molar-refractivity contribution in [2.75, 3.05) is 26.7 Å². The first-order chi connectivity index (χ1) is 8.61. The van der Waals surface area contributed by atoms with Gasteiger partial charge in [-0.1, -0.05) is 6.07 Å². The zero-order valence-corrected chi connectivity index (χ0v) is 10.2. The lowest BCUT2D eigenvalue weighted by Gasteiger charge is -2.14. The first-order valence-electron chi connectivity index (χ1n) is 5.84. The van der Waals surface area contributed by atoms with Crippen molar-refractivity contribution in [1.82, 2.24) is 4.90 Å². The van der Waals surface area contributed by atoms with Gasteiger partial charge in [-0.2, -0.15) is 0 Å². The lowest BCUT2D eigenvalue weighted by Crippen LogP contribution is -2.30. The normalized spacial score (nSPS) is 20.3. The molecule has 1 heterocycles. The van der Waals surface area contributed by atoms with Crippen LogP contribution in [0.5, 0.6) is 0 Å². The van der Waals surface area contributed by atoms with Crippen molar-refractivity contribution in [2.45, 2.75) is 12.5 Å². The van der Waals surface area contributed by atoms with Crippen LogP contribution in [0.4, 0.5) is 8.78 Å². The second-order valence-electron chi connectivity index (χ2n) is 4.40. The summed E-state index contributed by atoms with van der Waals surface area (Å²) in [6.45, 7) is 1.36. The summed E-state index contributed by atoms with van der Waals surface area (Å²) in [5.74, 6) is -2.13. The molecule has 0 amide bonds. The molecule has 2 rings (SSSR count). The third-order valence-electron chi connectivity index (χ3n) is 3.17. The number of hydrogen-bond donors (Lipinski definition) is 0. The van der Waals surface area contributed by atoms with Crippen LogP contribution < -0.4 is 0 Å². The van der Waals surface area contributed by atoms with Crippen molar-refractivity contribution >= 4 is 5.78 Å². The van der Waals surface area contributed by atoms with Gasteiger partial charge in [-0.3, -0.25) is 9.69 Å². The third-order valence-corrected chi connectivity index (χ3v) is 3.17. The maximum absolute atomic E-state index is 13.4.